The number of carbonyl (C=O) groups is 1. The average molecular weight is 510 g/mol. The lowest BCUT2D eigenvalue weighted by atomic mass is 10.1. The van der Waals surface area contributed by atoms with E-state index in [2.05, 4.69) is 49.6 Å². The Labute approximate surface area is 199 Å². The molecular weight excluding hydrogens is 487 g/mol. The molecule has 1 fully saturated rings. The average Bonchev–Trinajstić information content (AvgIpc) is 3.65. The summed E-state index contributed by atoms with van der Waals surface area (Å²) >= 11 is 0. The SMILES string of the molecule is CNS(=O)(=O)c1cccc(Nc2cc(Nc3ccc(C4CC4)cc3)ncn2)c1.O=C(O)C(F)(F)F. The molecule has 0 amide bonds. The molecule has 35 heavy (non-hydrogen) atoms. The number of sulfonamides is 1. The number of nitrogens with one attached hydrogen (secondary N) is 3. The monoisotopic (exact) mass is 509 g/mol. The van der Waals surface area contributed by atoms with Crippen LogP contribution in [0.4, 0.5) is 36.2 Å². The molecule has 2 aromatic carbocycles. The Hall–Kier alpha value is -3.71. The van der Waals surface area contributed by atoms with E-state index in [1.807, 2.05) is 0 Å². The molecular formula is C22H22F3N5O4S. The number of aromatic nitrogens is 2. The smallest absolute Gasteiger partial charge is 0.475 e. The van der Waals surface area contributed by atoms with Gasteiger partial charge in [-0.2, -0.15) is 13.2 Å². The molecule has 13 heteroatoms. The standard InChI is InChI=1S/C20H21N5O2S.C2HF3O2/c1-21-28(26,27)18-4-2-3-17(11-18)25-20-12-19(22-13-23-20)24-16-9-7-15(8-10-16)14-5-6-14;3-2(4,5)1(6)7/h2-4,7-14,21H,5-6H2,1H3,(H2,22,23,24,25);(H,6,7). The van der Waals surface area contributed by atoms with E-state index in [4.69, 9.17) is 9.90 Å². The van der Waals surface area contributed by atoms with E-state index in [0.29, 0.717) is 17.3 Å². The zero-order chi connectivity index (χ0) is 25.6. The van der Waals surface area contributed by atoms with E-state index < -0.39 is 22.2 Å². The van der Waals surface area contributed by atoms with Crippen LogP contribution in [0.1, 0.15) is 24.3 Å². The first-order chi connectivity index (χ1) is 16.5. The number of hydrogen-bond donors (Lipinski definition) is 4. The molecule has 1 aliphatic carbocycles. The highest BCUT2D eigenvalue weighted by Crippen LogP contribution is 2.40. The Kier molecular flexibility index (Phi) is 7.92. The van der Waals surface area contributed by atoms with Crippen molar-refractivity contribution < 1.29 is 31.5 Å². The molecule has 4 rings (SSSR count). The van der Waals surface area contributed by atoms with E-state index >= 15 is 0 Å². The van der Waals surface area contributed by atoms with E-state index in [9.17, 15) is 21.6 Å². The van der Waals surface area contributed by atoms with Crippen LogP contribution in [0.15, 0.2) is 65.8 Å². The number of carboxylic acid groups (broad SMARTS) is 1. The summed E-state index contributed by atoms with van der Waals surface area (Å²) in [7, 11) is -2.12. The molecule has 0 aliphatic heterocycles. The quantitative estimate of drug-likeness (QED) is 0.369. The molecule has 9 nitrogen and oxygen atoms in total. The molecule has 0 atom stereocenters. The van der Waals surface area contributed by atoms with Crippen LogP contribution in [0.25, 0.3) is 0 Å². The normalized spacial score (nSPS) is 13.4. The molecule has 1 heterocycles. The van der Waals surface area contributed by atoms with Gasteiger partial charge in [-0.1, -0.05) is 18.2 Å². The second-order valence-electron chi connectivity index (χ2n) is 7.47. The van der Waals surface area contributed by atoms with Crippen LogP contribution >= 0.6 is 0 Å². The minimum absolute atomic E-state index is 0.183. The van der Waals surface area contributed by atoms with Gasteiger partial charge in [-0.15, -0.1) is 0 Å². The summed E-state index contributed by atoms with van der Waals surface area (Å²) in [5.41, 5.74) is 2.96. The lowest BCUT2D eigenvalue weighted by Gasteiger charge is -2.10. The van der Waals surface area contributed by atoms with Gasteiger partial charge in [-0.3, -0.25) is 0 Å². The summed E-state index contributed by atoms with van der Waals surface area (Å²) in [6.45, 7) is 0. The maximum Gasteiger partial charge on any atom is 0.490 e. The number of hydrogen-bond acceptors (Lipinski definition) is 7. The molecule has 186 valence electrons. The minimum Gasteiger partial charge on any atom is -0.475 e. The Morgan fingerprint density at radius 3 is 2.06 bits per heavy atom. The Balaban J connectivity index is 0.000000429. The summed E-state index contributed by atoms with van der Waals surface area (Å²) in [5.74, 6) is -0.819. The third-order valence-electron chi connectivity index (χ3n) is 4.83. The van der Waals surface area contributed by atoms with Gasteiger partial charge in [0.25, 0.3) is 0 Å². The topological polar surface area (TPSA) is 133 Å². The van der Waals surface area contributed by atoms with Crippen molar-refractivity contribution in [2.45, 2.75) is 29.8 Å². The number of nitrogens with zero attached hydrogens (tertiary/aromatic N) is 2. The van der Waals surface area contributed by atoms with Crippen LogP contribution in [0, 0.1) is 0 Å². The van der Waals surface area contributed by atoms with E-state index in [-0.39, 0.29) is 4.90 Å². The first-order valence-electron chi connectivity index (χ1n) is 10.3. The predicted molar refractivity (Wildman–Crippen MR) is 123 cm³/mol. The number of alkyl halides is 3. The third kappa shape index (κ3) is 7.65. The highest BCUT2D eigenvalue weighted by atomic mass is 32.2. The van der Waals surface area contributed by atoms with Crippen LogP contribution in [0.3, 0.4) is 0 Å². The fraction of sp³-hybridized carbons (Fsp3) is 0.227. The largest absolute Gasteiger partial charge is 0.490 e. The zero-order valence-electron chi connectivity index (χ0n) is 18.4. The van der Waals surface area contributed by atoms with Crippen LogP contribution < -0.4 is 15.4 Å². The third-order valence-corrected chi connectivity index (χ3v) is 6.24. The number of halogens is 3. The fourth-order valence-electron chi connectivity index (χ4n) is 2.90. The number of anilines is 4. The maximum atomic E-state index is 12.0. The molecule has 0 unspecified atom stereocenters. The van der Waals surface area contributed by atoms with Crippen molar-refractivity contribution >= 4 is 39.0 Å². The first-order valence-corrected chi connectivity index (χ1v) is 11.8. The molecule has 1 aromatic heterocycles. The van der Waals surface area contributed by atoms with Crippen molar-refractivity contribution in [2.75, 3.05) is 17.7 Å². The number of aliphatic carboxylic acids is 1. The fourth-order valence-corrected chi connectivity index (χ4v) is 3.68. The summed E-state index contributed by atoms with van der Waals surface area (Å²) in [5, 5.41) is 13.5. The van der Waals surface area contributed by atoms with Crippen LogP contribution in [-0.4, -0.2) is 42.7 Å². The second kappa shape index (κ2) is 10.7. The van der Waals surface area contributed by atoms with Crippen molar-refractivity contribution in [1.82, 2.24) is 14.7 Å². The highest BCUT2D eigenvalue weighted by molar-refractivity contribution is 7.89. The van der Waals surface area contributed by atoms with E-state index in [1.54, 1.807) is 24.3 Å². The minimum atomic E-state index is -5.08. The van der Waals surface area contributed by atoms with Crippen LogP contribution in [-0.2, 0) is 14.8 Å². The van der Waals surface area contributed by atoms with Gasteiger partial charge in [-0.05, 0) is 61.7 Å². The zero-order valence-corrected chi connectivity index (χ0v) is 19.2. The van der Waals surface area contributed by atoms with Crippen molar-refractivity contribution in [2.24, 2.45) is 0 Å². The molecule has 1 saturated carbocycles. The van der Waals surface area contributed by atoms with Gasteiger partial charge in [-0.25, -0.2) is 27.9 Å². The van der Waals surface area contributed by atoms with Crippen LogP contribution in [0.2, 0.25) is 0 Å². The Morgan fingerprint density at radius 1 is 0.971 bits per heavy atom. The van der Waals surface area contributed by atoms with Gasteiger partial charge in [0.15, 0.2) is 0 Å². The molecule has 3 aromatic rings. The summed E-state index contributed by atoms with van der Waals surface area (Å²) in [4.78, 5) is 17.5. The van der Waals surface area contributed by atoms with Crippen molar-refractivity contribution in [3.8, 4) is 0 Å². The first kappa shape index (κ1) is 25.9. The number of rotatable bonds is 7. The lowest BCUT2D eigenvalue weighted by molar-refractivity contribution is -0.192. The van der Waals surface area contributed by atoms with E-state index in [1.165, 1.54) is 37.8 Å². The van der Waals surface area contributed by atoms with Crippen molar-refractivity contribution in [1.29, 1.82) is 0 Å². The highest BCUT2D eigenvalue weighted by Gasteiger charge is 2.38. The van der Waals surface area contributed by atoms with Gasteiger partial charge in [0.1, 0.15) is 18.0 Å². The Bertz CT molecular complexity index is 1280. The van der Waals surface area contributed by atoms with Gasteiger partial charge in [0, 0.05) is 17.4 Å². The molecule has 1 aliphatic rings. The summed E-state index contributed by atoms with van der Waals surface area (Å²) in [6.07, 6.45) is -1.06. The predicted octanol–water partition coefficient (Wildman–Crippen LogP) is 4.38. The molecule has 0 saturated heterocycles. The van der Waals surface area contributed by atoms with Gasteiger partial charge in [0.2, 0.25) is 10.0 Å². The van der Waals surface area contributed by atoms with Crippen molar-refractivity contribution in [3.05, 3.63) is 66.5 Å². The van der Waals surface area contributed by atoms with E-state index in [0.717, 1.165) is 11.6 Å². The van der Waals surface area contributed by atoms with Crippen LogP contribution in [0.5, 0.6) is 0 Å². The van der Waals surface area contributed by atoms with Gasteiger partial charge in [0.05, 0.1) is 4.90 Å². The lowest BCUT2D eigenvalue weighted by Crippen LogP contribution is -2.21. The number of carboxylic acids is 1. The number of benzene rings is 2. The maximum absolute atomic E-state index is 12.0. The van der Waals surface area contributed by atoms with Gasteiger partial charge >= 0.3 is 12.1 Å². The molecule has 0 spiro atoms. The Morgan fingerprint density at radius 2 is 1.54 bits per heavy atom. The molecule has 0 radical (unpaired) electrons. The second-order valence-corrected chi connectivity index (χ2v) is 9.36. The molecule has 0 bridgehead atoms. The van der Waals surface area contributed by atoms with Crippen molar-refractivity contribution in [3.63, 3.8) is 0 Å². The van der Waals surface area contributed by atoms with Gasteiger partial charge < -0.3 is 15.7 Å². The summed E-state index contributed by atoms with van der Waals surface area (Å²) < 4.78 is 58.0. The molecule has 4 N–H and O–H groups in total. The summed E-state index contributed by atoms with van der Waals surface area (Å²) in [6, 6.07) is 16.7.